The van der Waals surface area contributed by atoms with Crippen LogP contribution in [0.2, 0.25) is 0 Å². The number of primary amides is 1. The SMILES string of the molecule is CC(=O)Nc1cc(C(N)=O)cc(-c2cnc3cc(C4=CCC(C)C(CN5CCOCC5)=C4)ccn23)c1. The number of pyridine rings is 1. The maximum absolute atomic E-state index is 11.9. The molecular formula is C28H31N5O3. The van der Waals surface area contributed by atoms with Crippen LogP contribution in [0.1, 0.15) is 36.2 Å². The first-order valence-electron chi connectivity index (χ1n) is 12.3. The molecule has 0 radical (unpaired) electrons. The quantitative estimate of drug-likeness (QED) is 0.554. The molecule has 1 atom stereocenters. The van der Waals surface area contributed by atoms with Crippen molar-refractivity contribution in [3.8, 4) is 11.3 Å². The zero-order valence-corrected chi connectivity index (χ0v) is 20.7. The lowest BCUT2D eigenvalue weighted by Crippen LogP contribution is -2.38. The van der Waals surface area contributed by atoms with Gasteiger partial charge >= 0.3 is 0 Å². The van der Waals surface area contributed by atoms with E-state index in [4.69, 9.17) is 10.5 Å². The standard InChI is InChI=1S/C28H31N5O3/c1-18-3-4-20(11-24(18)17-32-7-9-36-10-8-32)21-5-6-33-26(16-30-27(33)15-21)22-12-23(28(29)35)14-25(13-22)31-19(2)34/h4-6,11-16,18H,3,7-10,17H2,1-2H3,(H2,29,35)(H,31,34). The number of fused-ring (bicyclic) bond motifs is 1. The molecule has 8 nitrogen and oxygen atoms in total. The summed E-state index contributed by atoms with van der Waals surface area (Å²) in [7, 11) is 0. The highest BCUT2D eigenvalue weighted by Crippen LogP contribution is 2.32. The molecule has 1 aromatic carbocycles. The molecule has 2 aliphatic rings. The smallest absolute Gasteiger partial charge is 0.248 e. The third kappa shape index (κ3) is 5.10. The minimum atomic E-state index is -0.558. The average molecular weight is 486 g/mol. The van der Waals surface area contributed by atoms with E-state index in [1.807, 2.05) is 16.7 Å². The largest absolute Gasteiger partial charge is 0.379 e. The lowest BCUT2D eigenvalue weighted by molar-refractivity contribution is -0.114. The van der Waals surface area contributed by atoms with Gasteiger partial charge in [-0.2, -0.15) is 0 Å². The molecule has 2 amide bonds. The fourth-order valence-electron chi connectivity index (χ4n) is 4.84. The maximum Gasteiger partial charge on any atom is 0.248 e. The molecule has 3 heterocycles. The van der Waals surface area contributed by atoms with Crippen LogP contribution in [-0.2, 0) is 9.53 Å². The zero-order valence-electron chi connectivity index (χ0n) is 20.7. The summed E-state index contributed by atoms with van der Waals surface area (Å²) in [5, 5.41) is 2.74. The Morgan fingerprint density at radius 2 is 1.97 bits per heavy atom. The Hall–Kier alpha value is -3.75. The highest BCUT2D eigenvalue weighted by molar-refractivity contribution is 5.97. The molecule has 1 aliphatic heterocycles. The van der Waals surface area contributed by atoms with E-state index in [1.54, 1.807) is 18.3 Å². The second-order valence-corrected chi connectivity index (χ2v) is 9.54. The van der Waals surface area contributed by atoms with Crippen molar-refractivity contribution in [2.45, 2.75) is 20.3 Å². The van der Waals surface area contributed by atoms with Crippen molar-refractivity contribution in [3.63, 3.8) is 0 Å². The Balaban J connectivity index is 1.45. The van der Waals surface area contributed by atoms with Crippen molar-refractivity contribution in [1.82, 2.24) is 14.3 Å². The summed E-state index contributed by atoms with van der Waals surface area (Å²) in [5.74, 6) is -0.257. The molecule has 1 saturated heterocycles. The van der Waals surface area contributed by atoms with E-state index in [9.17, 15) is 9.59 Å². The van der Waals surface area contributed by atoms with Gasteiger partial charge in [0.1, 0.15) is 5.65 Å². The fraction of sp³-hybridized carbons (Fsp3) is 0.321. The maximum atomic E-state index is 11.9. The summed E-state index contributed by atoms with van der Waals surface area (Å²) in [4.78, 5) is 30.6. The normalized spacial score (nSPS) is 18.6. The second-order valence-electron chi connectivity index (χ2n) is 9.54. The number of allylic oxidation sites excluding steroid dienone is 3. The number of amides is 2. The number of morpholine rings is 1. The van der Waals surface area contributed by atoms with Gasteiger partial charge in [-0.15, -0.1) is 0 Å². The predicted molar refractivity (Wildman–Crippen MR) is 141 cm³/mol. The number of hydrogen-bond acceptors (Lipinski definition) is 5. The van der Waals surface area contributed by atoms with Gasteiger partial charge in [-0.05, 0) is 53.8 Å². The molecule has 0 saturated carbocycles. The van der Waals surface area contributed by atoms with Gasteiger partial charge in [0.05, 0.1) is 25.1 Å². The van der Waals surface area contributed by atoms with E-state index in [0.717, 1.165) is 61.7 Å². The van der Waals surface area contributed by atoms with Crippen molar-refractivity contribution >= 4 is 28.7 Å². The minimum Gasteiger partial charge on any atom is -0.379 e. The highest BCUT2D eigenvalue weighted by Gasteiger charge is 2.20. The molecule has 1 aliphatic carbocycles. The van der Waals surface area contributed by atoms with Crippen molar-refractivity contribution in [3.05, 3.63) is 71.6 Å². The molecule has 3 N–H and O–H groups in total. The lowest BCUT2D eigenvalue weighted by Gasteiger charge is -2.30. The number of hydrogen-bond donors (Lipinski definition) is 2. The Kier molecular flexibility index (Phi) is 6.71. The van der Waals surface area contributed by atoms with E-state index in [-0.39, 0.29) is 5.91 Å². The van der Waals surface area contributed by atoms with Crippen LogP contribution in [0.25, 0.3) is 22.5 Å². The summed E-state index contributed by atoms with van der Waals surface area (Å²) in [6, 6.07) is 9.29. The first kappa shape index (κ1) is 24.0. The van der Waals surface area contributed by atoms with E-state index in [0.29, 0.717) is 17.2 Å². The van der Waals surface area contributed by atoms with Gasteiger partial charge in [-0.3, -0.25) is 18.9 Å². The van der Waals surface area contributed by atoms with Gasteiger partial charge in [0.15, 0.2) is 0 Å². The number of ether oxygens (including phenoxy) is 1. The van der Waals surface area contributed by atoms with E-state index in [2.05, 4.69) is 46.4 Å². The monoisotopic (exact) mass is 485 g/mol. The third-order valence-electron chi connectivity index (χ3n) is 6.86. The van der Waals surface area contributed by atoms with Crippen LogP contribution in [0, 0.1) is 5.92 Å². The number of nitrogens with two attached hydrogens (primary N) is 1. The summed E-state index contributed by atoms with van der Waals surface area (Å²) in [6.45, 7) is 8.26. The number of aromatic nitrogens is 2. The van der Waals surface area contributed by atoms with Gasteiger partial charge in [0, 0.05) is 49.6 Å². The van der Waals surface area contributed by atoms with Crippen LogP contribution in [0.3, 0.4) is 0 Å². The molecule has 36 heavy (non-hydrogen) atoms. The van der Waals surface area contributed by atoms with Crippen molar-refractivity contribution in [2.75, 3.05) is 38.2 Å². The molecule has 8 heteroatoms. The molecule has 1 fully saturated rings. The number of rotatable bonds is 6. The lowest BCUT2D eigenvalue weighted by atomic mass is 9.87. The topological polar surface area (TPSA) is 102 Å². The third-order valence-corrected chi connectivity index (χ3v) is 6.86. The Morgan fingerprint density at radius 1 is 1.17 bits per heavy atom. The van der Waals surface area contributed by atoms with Gasteiger partial charge < -0.3 is 15.8 Å². The molecule has 186 valence electrons. The van der Waals surface area contributed by atoms with Crippen molar-refractivity contribution < 1.29 is 14.3 Å². The zero-order chi connectivity index (χ0) is 25.2. The number of imidazole rings is 1. The van der Waals surface area contributed by atoms with Crippen LogP contribution < -0.4 is 11.1 Å². The molecule has 5 rings (SSSR count). The summed E-state index contributed by atoms with van der Waals surface area (Å²) in [6.07, 6.45) is 9.42. The predicted octanol–water partition coefficient (Wildman–Crippen LogP) is 3.74. The number of carbonyl (C=O) groups is 2. The van der Waals surface area contributed by atoms with Crippen LogP contribution in [0.5, 0.6) is 0 Å². The Bertz CT molecular complexity index is 1380. The minimum absolute atomic E-state index is 0.221. The summed E-state index contributed by atoms with van der Waals surface area (Å²) < 4.78 is 7.48. The molecule has 2 aromatic heterocycles. The number of nitrogens with one attached hydrogen (secondary N) is 1. The highest BCUT2D eigenvalue weighted by atomic mass is 16.5. The summed E-state index contributed by atoms with van der Waals surface area (Å²) in [5.41, 5.74) is 12.5. The van der Waals surface area contributed by atoms with Gasteiger partial charge in [0.25, 0.3) is 0 Å². The number of anilines is 1. The van der Waals surface area contributed by atoms with Crippen LogP contribution in [-0.4, -0.2) is 58.9 Å². The van der Waals surface area contributed by atoms with Crippen LogP contribution in [0.4, 0.5) is 5.69 Å². The Morgan fingerprint density at radius 3 is 2.72 bits per heavy atom. The molecular weight excluding hydrogens is 454 g/mol. The number of nitrogens with zero attached hydrogens (tertiary/aromatic N) is 3. The first-order valence-corrected chi connectivity index (χ1v) is 12.3. The van der Waals surface area contributed by atoms with E-state index in [1.165, 1.54) is 18.1 Å². The van der Waals surface area contributed by atoms with Crippen LogP contribution in [0.15, 0.2) is 60.5 Å². The van der Waals surface area contributed by atoms with Gasteiger partial charge in [-0.1, -0.05) is 24.6 Å². The summed E-state index contributed by atoms with van der Waals surface area (Å²) >= 11 is 0. The van der Waals surface area contributed by atoms with Crippen molar-refractivity contribution in [2.24, 2.45) is 11.7 Å². The molecule has 1 unspecified atom stereocenters. The average Bonchev–Trinajstić information content (AvgIpc) is 3.29. The molecule has 3 aromatic rings. The van der Waals surface area contributed by atoms with Crippen LogP contribution >= 0.6 is 0 Å². The molecule has 0 spiro atoms. The van der Waals surface area contributed by atoms with Gasteiger partial charge in [0.2, 0.25) is 11.8 Å². The Labute approximate surface area is 210 Å². The second kappa shape index (κ2) is 10.1. The fourth-order valence-corrected chi connectivity index (χ4v) is 4.84. The number of carbonyl (C=O) groups excluding carboxylic acids is 2. The van der Waals surface area contributed by atoms with Gasteiger partial charge in [-0.25, -0.2) is 4.98 Å². The van der Waals surface area contributed by atoms with E-state index < -0.39 is 5.91 Å². The first-order chi connectivity index (χ1) is 17.4. The molecule has 0 bridgehead atoms. The number of benzene rings is 1. The van der Waals surface area contributed by atoms with Crippen molar-refractivity contribution in [1.29, 1.82) is 0 Å². The van der Waals surface area contributed by atoms with E-state index >= 15 is 0 Å².